The Morgan fingerprint density at radius 1 is 1.50 bits per heavy atom. The van der Waals surface area contributed by atoms with E-state index in [1.54, 1.807) is 7.11 Å². The predicted octanol–water partition coefficient (Wildman–Crippen LogP) is 2.52. The maximum absolute atomic E-state index is 12.5. The third kappa shape index (κ3) is 4.06. The number of halogens is 3. The average molecular weight is 263 g/mol. The zero-order chi connectivity index (χ0) is 13.8. The summed E-state index contributed by atoms with van der Waals surface area (Å²) in [5.41, 5.74) is 5.05. The minimum atomic E-state index is -4.47. The number of hydrogen-bond acceptors (Lipinski definition) is 4. The molecule has 0 aliphatic heterocycles. The quantitative estimate of drug-likeness (QED) is 0.857. The van der Waals surface area contributed by atoms with Crippen molar-refractivity contribution < 1.29 is 17.9 Å². The third-order valence-electron chi connectivity index (χ3n) is 2.38. The molecule has 1 unspecified atom stereocenters. The predicted molar refractivity (Wildman–Crippen MR) is 63.2 cm³/mol. The second-order valence-electron chi connectivity index (χ2n) is 3.98. The molecule has 1 aromatic rings. The molecule has 0 bridgehead atoms. The number of nitrogens with zero attached hydrogens (tertiary/aromatic N) is 1. The Balaban J connectivity index is 2.81. The van der Waals surface area contributed by atoms with Crippen LogP contribution in [0.5, 0.6) is 0 Å². The molecule has 0 radical (unpaired) electrons. The van der Waals surface area contributed by atoms with Gasteiger partial charge in [0.25, 0.3) is 0 Å². The second-order valence-corrected chi connectivity index (χ2v) is 3.98. The van der Waals surface area contributed by atoms with Gasteiger partial charge in [0.2, 0.25) is 0 Å². The van der Waals surface area contributed by atoms with Gasteiger partial charge in [-0.15, -0.1) is 0 Å². The second kappa shape index (κ2) is 5.90. The van der Waals surface area contributed by atoms with E-state index in [4.69, 9.17) is 10.5 Å². The summed E-state index contributed by atoms with van der Waals surface area (Å²) in [6.45, 7) is 2.36. The molecule has 3 N–H and O–H groups in total. The highest BCUT2D eigenvalue weighted by Gasteiger charge is 2.33. The first-order valence-corrected chi connectivity index (χ1v) is 5.42. The van der Waals surface area contributed by atoms with Crippen LogP contribution in [0, 0.1) is 0 Å². The van der Waals surface area contributed by atoms with Crippen LogP contribution in [0.3, 0.4) is 0 Å². The molecule has 4 nitrogen and oxygen atoms in total. The largest absolute Gasteiger partial charge is 0.433 e. The van der Waals surface area contributed by atoms with Crippen molar-refractivity contribution in [1.82, 2.24) is 4.98 Å². The summed E-state index contributed by atoms with van der Waals surface area (Å²) in [6.07, 6.45) is -2.80. The van der Waals surface area contributed by atoms with Gasteiger partial charge in [-0.3, -0.25) is 0 Å². The fraction of sp³-hybridized carbons (Fsp3) is 0.545. The van der Waals surface area contributed by atoms with Gasteiger partial charge in [0, 0.05) is 19.8 Å². The lowest BCUT2D eigenvalue weighted by atomic mass is 10.2. The van der Waals surface area contributed by atoms with E-state index in [0.717, 1.165) is 12.3 Å². The molecule has 102 valence electrons. The lowest BCUT2D eigenvalue weighted by Gasteiger charge is -2.17. The van der Waals surface area contributed by atoms with Crippen molar-refractivity contribution in [2.75, 3.05) is 24.8 Å². The van der Waals surface area contributed by atoms with Gasteiger partial charge in [0.1, 0.15) is 5.69 Å². The molecular weight excluding hydrogens is 247 g/mol. The molecule has 1 rings (SSSR count). The molecule has 0 spiro atoms. The Labute approximate surface area is 103 Å². The van der Waals surface area contributed by atoms with Crippen molar-refractivity contribution >= 4 is 11.4 Å². The molecule has 1 heterocycles. The van der Waals surface area contributed by atoms with E-state index in [1.807, 2.05) is 6.92 Å². The van der Waals surface area contributed by atoms with E-state index in [9.17, 15) is 13.2 Å². The molecule has 18 heavy (non-hydrogen) atoms. The Kier molecular flexibility index (Phi) is 4.77. The fourth-order valence-electron chi connectivity index (χ4n) is 1.38. The number of nitrogens with one attached hydrogen (secondary N) is 1. The minimum Gasteiger partial charge on any atom is -0.396 e. The summed E-state index contributed by atoms with van der Waals surface area (Å²) in [6, 6.07) is 0.870. The average Bonchev–Trinajstić information content (AvgIpc) is 2.28. The smallest absolute Gasteiger partial charge is 0.396 e. The monoisotopic (exact) mass is 263 g/mol. The van der Waals surface area contributed by atoms with Crippen LogP contribution >= 0.6 is 0 Å². The van der Waals surface area contributed by atoms with Crippen LogP contribution in [0.2, 0.25) is 0 Å². The number of hydrogen-bond donors (Lipinski definition) is 2. The van der Waals surface area contributed by atoms with Gasteiger partial charge >= 0.3 is 6.18 Å². The number of rotatable bonds is 5. The van der Waals surface area contributed by atoms with Crippen LogP contribution in [0.4, 0.5) is 24.5 Å². The number of alkyl halides is 3. The maximum atomic E-state index is 12.5. The van der Waals surface area contributed by atoms with E-state index in [1.165, 1.54) is 0 Å². The number of nitrogens with two attached hydrogens (primary N) is 1. The van der Waals surface area contributed by atoms with E-state index in [2.05, 4.69) is 10.3 Å². The Morgan fingerprint density at radius 3 is 2.72 bits per heavy atom. The van der Waals surface area contributed by atoms with E-state index in [0.29, 0.717) is 13.0 Å². The number of methoxy groups -OCH3 is 1. The standard InChI is InChI=1S/C11H16F3N3O/c1-7(3-4-18-2)17-9-5-10(11(12,13)14)16-6-8(9)15/h5-7H,3-4,15H2,1-2H3,(H,16,17). The normalized spacial score (nSPS) is 13.4. The van der Waals surface area contributed by atoms with Gasteiger partial charge in [0.15, 0.2) is 0 Å². The zero-order valence-corrected chi connectivity index (χ0v) is 10.2. The Hall–Kier alpha value is -1.50. The molecule has 7 heteroatoms. The van der Waals surface area contributed by atoms with Crippen molar-refractivity contribution in [2.24, 2.45) is 0 Å². The highest BCUT2D eigenvalue weighted by atomic mass is 19.4. The number of ether oxygens (including phenoxy) is 1. The molecule has 0 aromatic carbocycles. The van der Waals surface area contributed by atoms with Crippen LogP contribution in [0.1, 0.15) is 19.0 Å². The van der Waals surface area contributed by atoms with E-state index < -0.39 is 11.9 Å². The number of pyridine rings is 1. The molecule has 0 fully saturated rings. The SMILES string of the molecule is COCCC(C)Nc1cc(C(F)(F)F)ncc1N. The van der Waals surface area contributed by atoms with Gasteiger partial charge in [-0.25, -0.2) is 4.98 Å². The van der Waals surface area contributed by atoms with Gasteiger partial charge in [0.05, 0.1) is 17.6 Å². The molecule has 0 amide bonds. The van der Waals surface area contributed by atoms with Crippen molar-refractivity contribution in [3.05, 3.63) is 18.0 Å². The highest BCUT2D eigenvalue weighted by Crippen LogP contribution is 2.31. The number of aromatic nitrogens is 1. The summed E-state index contributed by atoms with van der Waals surface area (Å²) in [5.74, 6) is 0. The van der Waals surface area contributed by atoms with E-state index in [-0.39, 0.29) is 17.4 Å². The number of anilines is 2. The van der Waals surface area contributed by atoms with Crippen LogP contribution in [0.25, 0.3) is 0 Å². The zero-order valence-electron chi connectivity index (χ0n) is 10.2. The number of nitrogen functional groups attached to an aromatic ring is 1. The summed E-state index contributed by atoms with van der Waals surface area (Å²) >= 11 is 0. The van der Waals surface area contributed by atoms with Crippen molar-refractivity contribution in [2.45, 2.75) is 25.6 Å². The van der Waals surface area contributed by atoms with E-state index >= 15 is 0 Å². The fourth-order valence-corrected chi connectivity index (χ4v) is 1.38. The first-order chi connectivity index (χ1) is 8.34. The Bertz CT molecular complexity index is 396. The van der Waals surface area contributed by atoms with Gasteiger partial charge in [-0.05, 0) is 19.4 Å². The molecule has 0 saturated carbocycles. The van der Waals surface area contributed by atoms with Crippen molar-refractivity contribution in [3.8, 4) is 0 Å². The summed E-state index contributed by atoms with van der Waals surface area (Å²) in [4.78, 5) is 3.26. The van der Waals surface area contributed by atoms with Gasteiger partial charge in [-0.2, -0.15) is 13.2 Å². The maximum Gasteiger partial charge on any atom is 0.433 e. The summed E-state index contributed by atoms with van der Waals surface area (Å²) in [7, 11) is 1.56. The molecule has 0 aliphatic carbocycles. The minimum absolute atomic E-state index is 0.0456. The van der Waals surface area contributed by atoms with Crippen molar-refractivity contribution in [1.29, 1.82) is 0 Å². The van der Waals surface area contributed by atoms with Crippen LogP contribution in [-0.4, -0.2) is 24.7 Å². The molecule has 0 aliphatic rings. The topological polar surface area (TPSA) is 60.2 Å². The van der Waals surface area contributed by atoms with Gasteiger partial charge < -0.3 is 15.8 Å². The Morgan fingerprint density at radius 2 is 2.17 bits per heavy atom. The lowest BCUT2D eigenvalue weighted by Crippen LogP contribution is -2.19. The molecule has 0 saturated heterocycles. The van der Waals surface area contributed by atoms with Crippen LogP contribution < -0.4 is 11.1 Å². The molecule has 1 aromatic heterocycles. The summed E-state index contributed by atoms with van der Waals surface area (Å²) in [5, 5.41) is 2.91. The van der Waals surface area contributed by atoms with Crippen LogP contribution in [0.15, 0.2) is 12.3 Å². The lowest BCUT2D eigenvalue weighted by molar-refractivity contribution is -0.141. The van der Waals surface area contributed by atoms with Crippen LogP contribution in [-0.2, 0) is 10.9 Å². The molecule has 1 atom stereocenters. The first kappa shape index (κ1) is 14.6. The molecular formula is C11H16F3N3O. The third-order valence-corrected chi connectivity index (χ3v) is 2.38. The van der Waals surface area contributed by atoms with Gasteiger partial charge in [-0.1, -0.05) is 0 Å². The summed E-state index contributed by atoms with van der Waals surface area (Å²) < 4.78 is 42.4. The highest BCUT2D eigenvalue weighted by molar-refractivity contribution is 5.65. The van der Waals surface area contributed by atoms with Crippen molar-refractivity contribution in [3.63, 3.8) is 0 Å². The first-order valence-electron chi connectivity index (χ1n) is 5.42.